The Balaban J connectivity index is 1.88. The summed E-state index contributed by atoms with van der Waals surface area (Å²) in [4.78, 5) is 11.7. The Bertz CT molecular complexity index is 464. The average molecular weight is 286 g/mol. The molecule has 0 saturated carbocycles. The number of carbonyl (C=O) groups excluding carboxylic acids is 1. The van der Waals surface area contributed by atoms with E-state index in [0.29, 0.717) is 24.5 Å². The molecular formula is C14H17F3N2O. The first-order valence-corrected chi connectivity index (χ1v) is 6.71. The van der Waals surface area contributed by atoms with Crippen LogP contribution in [0.5, 0.6) is 0 Å². The highest BCUT2D eigenvalue weighted by Crippen LogP contribution is 2.22. The lowest BCUT2D eigenvalue weighted by atomic mass is 9.93. The molecule has 1 aliphatic rings. The number of nitrogens with one attached hydrogen (secondary N) is 2. The van der Waals surface area contributed by atoms with Crippen molar-refractivity contribution in [2.24, 2.45) is 5.92 Å². The number of amides is 1. The van der Waals surface area contributed by atoms with E-state index < -0.39 is 29.0 Å². The van der Waals surface area contributed by atoms with E-state index in [1.54, 1.807) is 0 Å². The number of halogens is 3. The standard InChI is InChI=1S/C14H17F3N2O/c15-10-7-11(16)14(12(17)8-10)19-13(20)2-1-9-3-5-18-6-4-9/h7-9,18H,1-6H2,(H,19,20). The first-order valence-electron chi connectivity index (χ1n) is 6.71. The topological polar surface area (TPSA) is 41.1 Å². The lowest BCUT2D eigenvalue weighted by Gasteiger charge is -2.22. The van der Waals surface area contributed by atoms with E-state index in [0.717, 1.165) is 25.9 Å². The Morgan fingerprint density at radius 3 is 2.40 bits per heavy atom. The number of anilines is 1. The van der Waals surface area contributed by atoms with E-state index in [1.807, 2.05) is 0 Å². The van der Waals surface area contributed by atoms with Gasteiger partial charge in [0.1, 0.15) is 11.5 Å². The number of benzene rings is 1. The van der Waals surface area contributed by atoms with Gasteiger partial charge in [-0.25, -0.2) is 13.2 Å². The molecule has 0 bridgehead atoms. The summed E-state index contributed by atoms with van der Waals surface area (Å²) in [5.41, 5.74) is -0.582. The Labute approximate surface area is 115 Å². The van der Waals surface area contributed by atoms with Gasteiger partial charge in [0.2, 0.25) is 5.91 Å². The molecule has 2 N–H and O–H groups in total. The normalized spacial score (nSPS) is 16.1. The maximum absolute atomic E-state index is 13.4. The van der Waals surface area contributed by atoms with Crippen molar-refractivity contribution >= 4 is 11.6 Å². The Kier molecular flexibility index (Phi) is 5.00. The van der Waals surface area contributed by atoms with Crippen molar-refractivity contribution in [1.29, 1.82) is 0 Å². The number of hydrogen-bond acceptors (Lipinski definition) is 2. The summed E-state index contributed by atoms with van der Waals surface area (Å²) < 4.78 is 39.5. The molecule has 1 aromatic rings. The minimum Gasteiger partial charge on any atom is -0.321 e. The molecule has 1 fully saturated rings. The van der Waals surface area contributed by atoms with Crippen LogP contribution in [0.1, 0.15) is 25.7 Å². The van der Waals surface area contributed by atoms with Crippen LogP contribution in [0.4, 0.5) is 18.9 Å². The monoisotopic (exact) mass is 286 g/mol. The molecule has 1 heterocycles. The van der Waals surface area contributed by atoms with Crippen molar-refractivity contribution in [3.8, 4) is 0 Å². The average Bonchev–Trinajstić information content (AvgIpc) is 2.42. The third-order valence-corrected chi connectivity index (χ3v) is 3.51. The second kappa shape index (κ2) is 6.74. The molecule has 20 heavy (non-hydrogen) atoms. The molecule has 0 atom stereocenters. The summed E-state index contributed by atoms with van der Waals surface area (Å²) in [5.74, 6) is -3.19. The largest absolute Gasteiger partial charge is 0.321 e. The molecule has 1 amide bonds. The van der Waals surface area contributed by atoms with Gasteiger partial charge < -0.3 is 10.6 Å². The van der Waals surface area contributed by atoms with Crippen LogP contribution in [0.2, 0.25) is 0 Å². The van der Waals surface area contributed by atoms with Crippen LogP contribution in [0.15, 0.2) is 12.1 Å². The van der Waals surface area contributed by atoms with Gasteiger partial charge in [-0.3, -0.25) is 4.79 Å². The quantitative estimate of drug-likeness (QED) is 0.893. The van der Waals surface area contributed by atoms with Gasteiger partial charge in [0, 0.05) is 18.6 Å². The lowest BCUT2D eigenvalue weighted by molar-refractivity contribution is -0.116. The molecular weight excluding hydrogens is 269 g/mol. The fourth-order valence-electron chi connectivity index (χ4n) is 2.37. The van der Waals surface area contributed by atoms with Gasteiger partial charge in [-0.1, -0.05) is 0 Å². The molecule has 0 spiro atoms. The van der Waals surface area contributed by atoms with Crippen LogP contribution in [0.3, 0.4) is 0 Å². The Morgan fingerprint density at radius 2 is 1.80 bits per heavy atom. The molecule has 1 aliphatic heterocycles. The number of hydrogen-bond donors (Lipinski definition) is 2. The summed E-state index contributed by atoms with van der Waals surface area (Å²) in [6.07, 6.45) is 2.91. The van der Waals surface area contributed by atoms with E-state index in [9.17, 15) is 18.0 Å². The van der Waals surface area contributed by atoms with E-state index in [4.69, 9.17) is 0 Å². The molecule has 0 radical (unpaired) electrons. The lowest BCUT2D eigenvalue weighted by Crippen LogP contribution is -2.28. The maximum atomic E-state index is 13.4. The fraction of sp³-hybridized carbons (Fsp3) is 0.500. The van der Waals surface area contributed by atoms with E-state index in [2.05, 4.69) is 10.6 Å². The first-order chi connectivity index (χ1) is 9.56. The highest BCUT2D eigenvalue weighted by Gasteiger charge is 2.17. The number of piperidine rings is 1. The predicted molar refractivity (Wildman–Crippen MR) is 69.8 cm³/mol. The van der Waals surface area contributed by atoms with Crippen LogP contribution in [0.25, 0.3) is 0 Å². The third-order valence-electron chi connectivity index (χ3n) is 3.51. The molecule has 0 unspecified atom stereocenters. The van der Waals surface area contributed by atoms with Gasteiger partial charge in [-0.2, -0.15) is 0 Å². The highest BCUT2D eigenvalue weighted by atomic mass is 19.1. The van der Waals surface area contributed by atoms with Gasteiger partial charge in [0.15, 0.2) is 11.6 Å². The maximum Gasteiger partial charge on any atom is 0.224 e. The molecule has 110 valence electrons. The van der Waals surface area contributed by atoms with Gasteiger partial charge in [-0.15, -0.1) is 0 Å². The van der Waals surface area contributed by atoms with Crippen LogP contribution in [-0.4, -0.2) is 19.0 Å². The van der Waals surface area contributed by atoms with Crippen LogP contribution in [-0.2, 0) is 4.79 Å². The Hall–Kier alpha value is -1.56. The fourth-order valence-corrected chi connectivity index (χ4v) is 2.37. The van der Waals surface area contributed by atoms with Gasteiger partial charge >= 0.3 is 0 Å². The first kappa shape index (κ1) is 14.8. The molecule has 6 heteroatoms. The van der Waals surface area contributed by atoms with Crippen molar-refractivity contribution < 1.29 is 18.0 Å². The smallest absolute Gasteiger partial charge is 0.224 e. The van der Waals surface area contributed by atoms with Gasteiger partial charge in [-0.05, 0) is 38.3 Å². The van der Waals surface area contributed by atoms with Crippen molar-refractivity contribution in [1.82, 2.24) is 5.32 Å². The van der Waals surface area contributed by atoms with E-state index in [-0.39, 0.29) is 6.42 Å². The summed E-state index contributed by atoms with van der Waals surface area (Å²) in [5, 5.41) is 5.40. The van der Waals surface area contributed by atoms with Gasteiger partial charge in [0.05, 0.1) is 0 Å². The molecule has 1 saturated heterocycles. The second-order valence-electron chi connectivity index (χ2n) is 5.02. The zero-order valence-corrected chi connectivity index (χ0v) is 11.0. The Morgan fingerprint density at radius 1 is 1.20 bits per heavy atom. The van der Waals surface area contributed by atoms with E-state index in [1.165, 1.54) is 0 Å². The molecule has 3 nitrogen and oxygen atoms in total. The molecule has 0 aliphatic carbocycles. The summed E-state index contributed by atoms with van der Waals surface area (Å²) in [7, 11) is 0. The van der Waals surface area contributed by atoms with Crippen molar-refractivity contribution in [3.05, 3.63) is 29.6 Å². The number of rotatable bonds is 4. The zero-order chi connectivity index (χ0) is 14.5. The molecule has 1 aromatic carbocycles. The second-order valence-corrected chi connectivity index (χ2v) is 5.02. The van der Waals surface area contributed by atoms with Crippen LogP contribution in [0, 0.1) is 23.4 Å². The third kappa shape index (κ3) is 3.96. The van der Waals surface area contributed by atoms with Crippen molar-refractivity contribution in [2.75, 3.05) is 18.4 Å². The zero-order valence-electron chi connectivity index (χ0n) is 11.0. The predicted octanol–water partition coefficient (Wildman–Crippen LogP) is 2.82. The molecule has 2 rings (SSSR count). The minimum absolute atomic E-state index is 0.209. The van der Waals surface area contributed by atoms with Crippen LogP contribution < -0.4 is 10.6 Å². The summed E-state index contributed by atoms with van der Waals surface area (Å²) in [6, 6.07) is 1.09. The van der Waals surface area contributed by atoms with E-state index >= 15 is 0 Å². The van der Waals surface area contributed by atoms with Gasteiger partial charge in [0.25, 0.3) is 0 Å². The molecule has 0 aromatic heterocycles. The highest BCUT2D eigenvalue weighted by molar-refractivity contribution is 5.90. The van der Waals surface area contributed by atoms with Crippen LogP contribution >= 0.6 is 0 Å². The summed E-state index contributed by atoms with van der Waals surface area (Å²) >= 11 is 0. The summed E-state index contributed by atoms with van der Waals surface area (Å²) in [6.45, 7) is 1.88. The SMILES string of the molecule is O=C(CCC1CCNCC1)Nc1c(F)cc(F)cc1F. The van der Waals surface area contributed by atoms with Crippen molar-refractivity contribution in [3.63, 3.8) is 0 Å². The minimum atomic E-state index is -1.10. The number of carbonyl (C=O) groups is 1. The van der Waals surface area contributed by atoms with Crippen molar-refractivity contribution in [2.45, 2.75) is 25.7 Å².